The third-order valence-corrected chi connectivity index (χ3v) is 14.8. The Labute approximate surface area is 333 Å². The van der Waals surface area contributed by atoms with E-state index in [-0.39, 0.29) is 28.7 Å². The molecular weight excluding hydrogens is 736 g/mol. The second-order valence-corrected chi connectivity index (χ2v) is 20.3. The van der Waals surface area contributed by atoms with E-state index in [9.17, 15) is 18.0 Å². The third kappa shape index (κ3) is 9.27. The molecule has 3 aliphatic heterocycles. The highest BCUT2D eigenvalue weighted by Crippen LogP contribution is 2.48. The third-order valence-electron chi connectivity index (χ3n) is 12.6. The number of piperazine rings is 1. The molecule has 7 rings (SSSR count). The van der Waals surface area contributed by atoms with E-state index in [2.05, 4.69) is 52.7 Å². The molecule has 5 aliphatic rings. The summed E-state index contributed by atoms with van der Waals surface area (Å²) in [5.41, 5.74) is 2.50. The molecule has 0 aromatic heterocycles. The number of nitrogens with one attached hydrogen (secondary N) is 2. The van der Waals surface area contributed by atoms with Crippen molar-refractivity contribution in [3.8, 4) is 5.75 Å². The van der Waals surface area contributed by atoms with Crippen LogP contribution in [-0.2, 0) is 31.4 Å². The van der Waals surface area contributed by atoms with E-state index in [1.807, 2.05) is 25.1 Å². The van der Waals surface area contributed by atoms with Gasteiger partial charge in [0.15, 0.2) is 6.29 Å². The van der Waals surface area contributed by atoms with Crippen molar-refractivity contribution in [3.05, 3.63) is 70.3 Å². The smallest absolute Gasteiger partial charge is 0.264 e. The van der Waals surface area contributed by atoms with E-state index < -0.39 is 26.8 Å². The zero-order valence-electron chi connectivity index (χ0n) is 33.5. The number of benzene rings is 2. The molecule has 3 heterocycles. The molecule has 2 fully saturated rings. The van der Waals surface area contributed by atoms with Crippen molar-refractivity contribution in [2.24, 2.45) is 23.2 Å². The van der Waals surface area contributed by atoms with Crippen molar-refractivity contribution in [1.82, 2.24) is 14.9 Å². The quantitative estimate of drug-likeness (QED) is 0.269. The lowest BCUT2D eigenvalue weighted by Gasteiger charge is -2.48. The Hall–Kier alpha value is -2.96. The van der Waals surface area contributed by atoms with Gasteiger partial charge < -0.3 is 24.6 Å². The lowest BCUT2D eigenvalue weighted by Crippen LogP contribution is -2.53. The molecule has 12 heteroatoms. The number of carbonyl (C=O) groups excluding carboxylic acids is 2. The van der Waals surface area contributed by atoms with Crippen LogP contribution in [-0.4, -0.2) is 95.9 Å². The van der Waals surface area contributed by atoms with Crippen LogP contribution >= 0.6 is 11.6 Å². The molecule has 302 valence electrons. The fourth-order valence-corrected chi connectivity index (χ4v) is 10.7. The van der Waals surface area contributed by atoms with Crippen molar-refractivity contribution >= 4 is 39.5 Å². The molecule has 6 atom stereocenters. The molecule has 2 aliphatic carbocycles. The number of aryl methyl sites for hydroxylation is 1. The minimum absolute atomic E-state index is 0.0434. The van der Waals surface area contributed by atoms with Gasteiger partial charge in [-0.2, -0.15) is 0 Å². The van der Waals surface area contributed by atoms with Gasteiger partial charge >= 0.3 is 0 Å². The molecule has 0 unspecified atom stereocenters. The van der Waals surface area contributed by atoms with Crippen molar-refractivity contribution in [2.45, 2.75) is 89.4 Å². The molecule has 2 aromatic carbocycles. The van der Waals surface area contributed by atoms with E-state index in [1.165, 1.54) is 30.8 Å². The van der Waals surface area contributed by atoms with Crippen molar-refractivity contribution in [3.63, 3.8) is 0 Å². The van der Waals surface area contributed by atoms with Gasteiger partial charge in [0.1, 0.15) is 11.4 Å². The van der Waals surface area contributed by atoms with Crippen LogP contribution in [0.2, 0.25) is 5.02 Å². The molecule has 1 saturated carbocycles. The maximum absolute atomic E-state index is 13.4. The minimum Gasteiger partial charge on any atom is -0.490 e. The van der Waals surface area contributed by atoms with E-state index in [0.29, 0.717) is 42.3 Å². The van der Waals surface area contributed by atoms with Crippen LogP contribution in [0.3, 0.4) is 0 Å². The van der Waals surface area contributed by atoms with Crippen LogP contribution in [0, 0.1) is 23.2 Å². The van der Waals surface area contributed by atoms with Gasteiger partial charge in [-0.05, 0) is 110 Å². The van der Waals surface area contributed by atoms with Crippen LogP contribution in [0.15, 0.2) is 48.6 Å². The largest absolute Gasteiger partial charge is 0.490 e. The number of rotatable bonds is 3. The number of hydrogen-bond acceptors (Lipinski definition) is 9. The lowest BCUT2D eigenvalue weighted by atomic mass is 9.64. The van der Waals surface area contributed by atoms with E-state index >= 15 is 0 Å². The number of carbonyl (C=O) groups is 2. The summed E-state index contributed by atoms with van der Waals surface area (Å²) in [6.45, 7) is 18.1. The predicted octanol–water partition coefficient (Wildman–Crippen LogP) is 6.41. The first-order valence-electron chi connectivity index (χ1n) is 20.1. The average Bonchev–Trinajstić information content (AvgIpc) is 3.28. The minimum atomic E-state index is -3.97. The summed E-state index contributed by atoms with van der Waals surface area (Å²) in [5, 5.41) is 3.24. The van der Waals surface area contributed by atoms with Crippen LogP contribution in [0.1, 0.15) is 88.2 Å². The van der Waals surface area contributed by atoms with Gasteiger partial charge in [-0.3, -0.25) is 9.59 Å². The Morgan fingerprint density at radius 2 is 1.85 bits per heavy atom. The lowest BCUT2D eigenvalue weighted by molar-refractivity contribution is -0.135. The second kappa shape index (κ2) is 16.9. The van der Waals surface area contributed by atoms with Crippen LogP contribution < -0.4 is 19.7 Å². The average molecular weight is 798 g/mol. The highest BCUT2D eigenvalue weighted by atomic mass is 35.5. The Morgan fingerprint density at radius 3 is 2.53 bits per heavy atom. The number of aldehydes is 1. The van der Waals surface area contributed by atoms with E-state index in [0.717, 1.165) is 57.2 Å². The fraction of sp³-hybridized carbons (Fsp3) is 0.628. The zero-order chi connectivity index (χ0) is 39.6. The summed E-state index contributed by atoms with van der Waals surface area (Å²) in [7, 11) is -2.41. The molecule has 2 aromatic rings. The van der Waals surface area contributed by atoms with Gasteiger partial charge in [-0.1, -0.05) is 51.4 Å². The molecule has 1 saturated heterocycles. The summed E-state index contributed by atoms with van der Waals surface area (Å²) >= 11 is 6.40. The van der Waals surface area contributed by atoms with Crippen LogP contribution in [0.5, 0.6) is 5.75 Å². The normalized spacial score (nSPS) is 31.5. The first-order valence-corrected chi connectivity index (χ1v) is 22.0. The van der Waals surface area contributed by atoms with E-state index in [1.54, 1.807) is 32.2 Å². The Morgan fingerprint density at radius 1 is 1.09 bits per heavy atom. The number of allylic oxidation sites excluding steroid dienone is 1. The van der Waals surface area contributed by atoms with Crippen LogP contribution in [0.4, 0.5) is 5.69 Å². The molecule has 55 heavy (non-hydrogen) atoms. The number of hydrogen-bond donors (Lipinski definition) is 2. The number of nitrogens with zero attached hydrogens (tertiary/aromatic N) is 2. The Kier molecular flexibility index (Phi) is 12.8. The second-order valence-electron chi connectivity index (χ2n) is 17.8. The monoisotopic (exact) mass is 796 g/mol. The van der Waals surface area contributed by atoms with Crippen molar-refractivity contribution < 1.29 is 27.5 Å². The highest BCUT2D eigenvalue weighted by Gasteiger charge is 2.49. The number of sulfonamides is 1. The van der Waals surface area contributed by atoms with Gasteiger partial charge in [0, 0.05) is 74.8 Å². The number of ether oxygens (including phenoxy) is 2. The van der Waals surface area contributed by atoms with Gasteiger partial charge in [0.2, 0.25) is 10.0 Å². The topological polar surface area (TPSA) is 117 Å². The molecule has 2 N–H and O–H groups in total. The standard InChI is InChI=1S/C34H41ClN2O6S.C9H20N2/c1-22-6-4-15-34(20-38,42-3)29-11-8-26(29)18-37-19-33(14-5-7-24-16-27(35)10-12-28(24)33)21-43-31-13-9-25(17-30(31)37)32(39)36-44(40,41)23(22)2;1-9(2,3)8-11-6-4-10-5-7-11/h4,9-10,12-13,15-17,20,22-23,26,29H,5-8,11,14,18-19,21H2,1-3H3,(H,36,39);10H,4-8H2,1-3H3/b15-4+;/t22-,23+,26-,29+,33-,34-;/m0./s1. The predicted molar refractivity (Wildman–Crippen MR) is 220 cm³/mol. The molecule has 0 radical (unpaired) electrons. The first kappa shape index (κ1) is 41.7. The van der Waals surface area contributed by atoms with Crippen molar-refractivity contribution in [2.75, 3.05) is 64.4 Å². The van der Waals surface area contributed by atoms with Gasteiger partial charge in [0.05, 0.1) is 17.5 Å². The van der Waals surface area contributed by atoms with Gasteiger partial charge in [-0.25, -0.2) is 13.1 Å². The molecular formula is C43H61ClN4O6S. The van der Waals surface area contributed by atoms with Gasteiger partial charge in [-0.15, -0.1) is 0 Å². The number of fused-ring (bicyclic) bond motifs is 4. The molecule has 1 amide bonds. The number of halogens is 1. The Bertz CT molecular complexity index is 1840. The maximum Gasteiger partial charge on any atom is 0.264 e. The zero-order valence-corrected chi connectivity index (χ0v) is 35.1. The maximum atomic E-state index is 13.4. The number of methoxy groups -OCH3 is 1. The Balaban J connectivity index is 0.000000403. The summed E-state index contributed by atoms with van der Waals surface area (Å²) < 4.78 is 41.3. The molecule has 10 nitrogen and oxygen atoms in total. The molecule has 2 bridgehead atoms. The van der Waals surface area contributed by atoms with Crippen molar-refractivity contribution in [1.29, 1.82) is 0 Å². The van der Waals surface area contributed by atoms with Gasteiger partial charge in [0.25, 0.3) is 5.91 Å². The summed E-state index contributed by atoms with van der Waals surface area (Å²) in [6.07, 6.45) is 9.65. The van der Waals surface area contributed by atoms with Crippen LogP contribution in [0.25, 0.3) is 0 Å². The van der Waals surface area contributed by atoms with E-state index in [4.69, 9.17) is 21.1 Å². The first-order chi connectivity index (χ1) is 26.1. The number of anilines is 1. The summed E-state index contributed by atoms with van der Waals surface area (Å²) in [6, 6.07) is 11.3. The summed E-state index contributed by atoms with van der Waals surface area (Å²) in [4.78, 5) is 30.9. The highest BCUT2D eigenvalue weighted by molar-refractivity contribution is 7.90. The fourth-order valence-electron chi connectivity index (χ4n) is 9.22. The number of amides is 1. The summed E-state index contributed by atoms with van der Waals surface area (Å²) in [5.74, 6) is -0.203. The SMILES string of the molecule is CC(C)(C)CN1CCNCC1.CO[C@]1(C=O)/C=C/C[C@H](C)[C@@H](C)S(=O)(=O)NC(=O)c2ccc3c(c2)N(C[C@@H]2CC[C@H]21)C[C@@]1(CCCc2cc(Cl)ccc21)CO3. The molecule has 1 spiro atoms.